The lowest BCUT2D eigenvalue weighted by molar-refractivity contribution is 0.100. The molecule has 0 atom stereocenters. The van der Waals surface area contributed by atoms with Crippen LogP contribution in [0.3, 0.4) is 0 Å². The molecule has 1 amide bonds. The van der Waals surface area contributed by atoms with E-state index in [9.17, 15) is 4.79 Å². The van der Waals surface area contributed by atoms with Crippen molar-refractivity contribution in [3.8, 4) is 0 Å². The monoisotopic (exact) mass is 185 g/mol. The molecule has 0 aliphatic heterocycles. The number of aryl methyl sites for hydroxylation is 1. The Balaban J connectivity index is 3.04. The second kappa shape index (κ2) is 3.53. The van der Waals surface area contributed by atoms with Crippen molar-refractivity contribution in [3.05, 3.63) is 10.4 Å². The van der Waals surface area contributed by atoms with Crippen LogP contribution in [0.25, 0.3) is 0 Å². The van der Waals surface area contributed by atoms with Crippen molar-refractivity contribution >= 4 is 23.3 Å². The van der Waals surface area contributed by atoms with Gasteiger partial charge < -0.3 is 11.5 Å². The van der Waals surface area contributed by atoms with Gasteiger partial charge in [0.15, 0.2) is 0 Å². The van der Waals surface area contributed by atoms with Crippen LogP contribution < -0.4 is 11.5 Å². The Bertz CT molecular complexity index is 295. The third-order valence-corrected chi connectivity index (χ3v) is 2.43. The summed E-state index contributed by atoms with van der Waals surface area (Å²) < 4.78 is 3.88. The van der Waals surface area contributed by atoms with Crippen LogP contribution in [0.1, 0.15) is 28.6 Å². The first kappa shape index (κ1) is 8.99. The molecule has 0 aromatic carbocycles. The molecule has 0 saturated carbocycles. The van der Waals surface area contributed by atoms with E-state index >= 15 is 0 Å². The summed E-state index contributed by atoms with van der Waals surface area (Å²) in [6.45, 7) is 2.03. The van der Waals surface area contributed by atoms with E-state index in [1.165, 1.54) is 11.5 Å². The molecule has 1 rings (SSSR count). The van der Waals surface area contributed by atoms with Gasteiger partial charge in [-0.05, 0) is 18.0 Å². The number of aromatic nitrogens is 1. The minimum atomic E-state index is -0.482. The molecular weight excluding hydrogens is 174 g/mol. The van der Waals surface area contributed by atoms with Gasteiger partial charge >= 0.3 is 0 Å². The van der Waals surface area contributed by atoms with E-state index in [1.807, 2.05) is 6.92 Å². The number of anilines is 1. The number of carbonyl (C=O) groups is 1. The third-order valence-electron chi connectivity index (χ3n) is 1.51. The molecule has 0 spiro atoms. The first-order chi connectivity index (χ1) is 5.66. The highest BCUT2D eigenvalue weighted by atomic mass is 32.1. The maximum absolute atomic E-state index is 10.9. The zero-order chi connectivity index (χ0) is 9.14. The number of nitrogens with two attached hydrogens (primary N) is 2. The molecule has 1 heterocycles. The number of rotatable bonds is 3. The van der Waals surface area contributed by atoms with E-state index < -0.39 is 5.91 Å². The van der Waals surface area contributed by atoms with Crippen molar-refractivity contribution in [1.29, 1.82) is 0 Å². The summed E-state index contributed by atoms with van der Waals surface area (Å²) in [7, 11) is 0. The second-order valence-corrected chi connectivity index (χ2v) is 3.34. The van der Waals surface area contributed by atoms with Crippen molar-refractivity contribution in [3.63, 3.8) is 0 Å². The van der Waals surface area contributed by atoms with Crippen LogP contribution in [-0.2, 0) is 6.42 Å². The van der Waals surface area contributed by atoms with Gasteiger partial charge in [-0.25, -0.2) is 0 Å². The van der Waals surface area contributed by atoms with Crippen LogP contribution >= 0.6 is 11.5 Å². The van der Waals surface area contributed by atoms with Crippen molar-refractivity contribution in [2.45, 2.75) is 19.8 Å². The van der Waals surface area contributed by atoms with Gasteiger partial charge in [0.2, 0.25) is 0 Å². The average Bonchev–Trinajstić information content (AvgIpc) is 2.32. The SMILES string of the molecule is CCCc1snc(N)c1C(N)=O. The Kier molecular flexibility index (Phi) is 2.65. The molecular formula is C7H11N3OS. The van der Waals surface area contributed by atoms with Crippen molar-refractivity contribution in [1.82, 2.24) is 4.37 Å². The Labute approximate surface area is 74.7 Å². The predicted molar refractivity (Wildman–Crippen MR) is 49.0 cm³/mol. The van der Waals surface area contributed by atoms with Crippen LogP contribution in [0.2, 0.25) is 0 Å². The van der Waals surface area contributed by atoms with Gasteiger partial charge in [-0.15, -0.1) is 0 Å². The van der Waals surface area contributed by atoms with Crippen LogP contribution in [0.15, 0.2) is 0 Å². The largest absolute Gasteiger partial charge is 0.382 e. The number of primary amides is 1. The fourth-order valence-electron chi connectivity index (χ4n) is 1.000. The third kappa shape index (κ3) is 1.55. The molecule has 0 aliphatic carbocycles. The van der Waals surface area contributed by atoms with E-state index in [-0.39, 0.29) is 5.82 Å². The molecule has 0 fully saturated rings. The summed E-state index contributed by atoms with van der Waals surface area (Å²) in [5, 5.41) is 0. The van der Waals surface area contributed by atoms with Gasteiger partial charge in [0.05, 0.1) is 5.56 Å². The minimum Gasteiger partial charge on any atom is -0.382 e. The van der Waals surface area contributed by atoms with E-state index in [0.717, 1.165) is 17.7 Å². The molecule has 5 heteroatoms. The molecule has 0 bridgehead atoms. The quantitative estimate of drug-likeness (QED) is 0.730. The van der Waals surface area contributed by atoms with Gasteiger partial charge in [-0.1, -0.05) is 13.3 Å². The Morgan fingerprint density at radius 1 is 1.67 bits per heavy atom. The average molecular weight is 185 g/mol. The summed E-state index contributed by atoms with van der Waals surface area (Å²) in [4.78, 5) is 11.8. The summed E-state index contributed by atoms with van der Waals surface area (Å²) >= 11 is 1.25. The lowest BCUT2D eigenvalue weighted by Gasteiger charge is -1.96. The van der Waals surface area contributed by atoms with E-state index in [1.54, 1.807) is 0 Å². The topological polar surface area (TPSA) is 82.0 Å². The number of carbonyl (C=O) groups excluding carboxylic acids is 1. The lowest BCUT2D eigenvalue weighted by Crippen LogP contribution is -2.14. The van der Waals surface area contributed by atoms with Crippen LogP contribution in [-0.4, -0.2) is 10.3 Å². The summed E-state index contributed by atoms with van der Waals surface area (Å²) in [6.07, 6.45) is 1.77. The molecule has 0 unspecified atom stereocenters. The normalized spacial score (nSPS) is 10.1. The van der Waals surface area contributed by atoms with Gasteiger partial charge in [-0.2, -0.15) is 4.37 Å². The van der Waals surface area contributed by atoms with Crippen LogP contribution in [0.4, 0.5) is 5.82 Å². The lowest BCUT2D eigenvalue weighted by atomic mass is 10.2. The molecule has 12 heavy (non-hydrogen) atoms. The number of nitrogen functional groups attached to an aromatic ring is 1. The molecule has 0 saturated heterocycles. The first-order valence-electron chi connectivity index (χ1n) is 3.70. The standard InChI is InChI=1S/C7H11N3OS/c1-2-3-4-5(7(9)11)6(8)10-12-4/h2-3H2,1H3,(H2,8,10)(H2,9,11). The second-order valence-electron chi connectivity index (χ2n) is 2.48. The molecule has 1 aromatic heterocycles. The van der Waals surface area contributed by atoms with Crippen molar-refractivity contribution in [2.24, 2.45) is 5.73 Å². The highest BCUT2D eigenvalue weighted by Gasteiger charge is 2.15. The first-order valence-corrected chi connectivity index (χ1v) is 4.48. The van der Waals surface area contributed by atoms with Gasteiger partial charge in [0.25, 0.3) is 5.91 Å². The number of amides is 1. The molecule has 0 aliphatic rings. The molecule has 0 radical (unpaired) electrons. The highest BCUT2D eigenvalue weighted by Crippen LogP contribution is 2.21. The number of hydrogen-bond donors (Lipinski definition) is 2. The highest BCUT2D eigenvalue weighted by molar-refractivity contribution is 7.06. The van der Waals surface area contributed by atoms with E-state index in [0.29, 0.717) is 5.56 Å². The molecule has 4 N–H and O–H groups in total. The summed E-state index contributed by atoms with van der Waals surface area (Å²) in [6, 6.07) is 0. The summed E-state index contributed by atoms with van der Waals surface area (Å²) in [5.41, 5.74) is 11.0. The number of nitrogens with zero attached hydrogens (tertiary/aromatic N) is 1. The maximum Gasteiger partial charge on any atom is 0.253 e. The van der Waals surface area contributed by atoms with Crippen molar-refractivity contribution in [2.75, 3.05) is 5.73 Å². The van der Waals surface area contributed by atoms with Crippen LogP contribution in [0.5, 0.6) is 0 Å². The molecule has 4 nitrogen and oxygen atoms in total. The zero-order valence-electron chi connectivity index (χ0n) is 6.83. The Morgan fingerprint density at radius 3 is 2.83 bits per heavy atom. The fourth-order valence-corrected chi connectivity index (χ4v) is 1.89. The zero-order valence-corrected chi connectivity index (χ0v) is 7.65. The Morgan fingerprint density at radius 2 is 2.33 bits per heavy atom. The van der Waals surface area contributed by atoms with Gasteiger partial charge in [-0.3, -0.25) is 4.79 Å². The van der Waals surface area contributed by atoms with E-state index in [4.69, 9.17) is 11.5 Å². The van der Waals surface area contributed by atoms with Crippen LogP contribution in [0, 0.1) is 0 Å². The maximum atomic E-state index is 10.9. The Hall–Kier alpha value is -1.10. The minimum absolute atomic E-state index is 0.260. The van der Waals surface area contributed by atoms with Crippen molar-refractivity contribution < 1.29 is 4.79 Å². The molecule has 1 aromatic rings. The molecule has 66 valence electrons. The van der Waals surface area contributed by atoms with E-state index in [2.05, 4.69) is 4.37 Å². The van der Waals surface area contributed by atoms with Gasteiger partial charge in [0, 0.05) is 4.88 Å². The predicted octanol–water partition coefficient (Wildman–Crippen LogP) is 0.777. The smallest absolute Gasteiger partial charge is 0.253 e. The van der Waals surface area contributed by atoms with Gasteiger partial charge in [0.1, 0.15) is 5.82 Å². The summed E-state index contributed by atoms with van der Waals surface area (Å²) in [5.74, 6) is -0.222. The fraction of sp³-hybridized carbons (Fsp3) is 0.429. The number of hydrogen-bond acceptors (Lipinski definition) is 4.